The summed E-state index contributed by atoms with van der Waals surface area (Å²) in [5.41, 5.74) is 0. The van der Waals surface area contributed by atoms with Crippen LogP contribution in [0.3, 0.4) is 0 Å². The van der Waals surface area contributed by atoms with E-state index >= 15 is 0 Å². The molecule has 0 aliphatic heterocycles. The van der Waals surface area contributed by atoms with Crippen molar-refractivity contribution in [3.8, 4) is 0 Å². The molecule has 0 rings (SSSR count). The predicted octanol–water partition coefficient (Wildman–Crippen LogP) is 8.20. The van der Waals surface area contributed by atoms with Crippen LogP contribution in [0.15, 0.2) is 0 Å². The van der Waals surface area contributed by atoms with Gasteiger partial charge in [-0.2, -0.15) is 0 Å². The van der Waals surface area contributed by atoms with Gasteiger partial charge in [-0.25, -0.2) is 0 Å². The quantitative estimate of drug-likeness (QED) is 0.0593. The molecular formula is C38H78O9. The molecule has 0 aromatic rings. The van der Waals surface area contributed by atoms with Crippen LogP contribution in [-0.4, -0.2) is 119 Å². The van der Waals surface area contributed by atoms with Crippen molar-refractivity contribution in [1.82, 2.24) is 0 Å². The summed E-state index contributed by atoms with van der Waals surface area (Å²) in [5, 5.41) is 0. The van der Waals surface area contributed by atoms with Crippen LogP contribution in [0.2, 0.25) is 0 Å². The van der Waals surface area contributed by atoms with Crippen LogP contribution in [0.5, 0.6) is 0 Å². The van der Waals surface area contributed by atoms with E-state index in [9.17, 15) is 0 Å². The molecule has 0 aromatic heterocycles. The van der Waals surface area contributed by atoms with Crippen LogP contribution >= 0.6 is 0 Å². The number of ether oxygens (including phenoxy) is 9. The van der Waals surface area contributed by atoms with Gasteiger partial charge in [-0.1, -0.05) is 117 Å². The molecule has 9 nitrogen and oxygen atoms in total. The second-order valence-corrected chi connectivity index (χ2v) is 12.2. The van der Waals surface area contributed by atoms with Gasteiger partial charge in [0.15, 0.2) is 0 Å². The molecule has 0 fully saturated rings. The molecular weight excluding hydrogens is 600 g/mol. The number of unbranched alkanes of at least 4 members (excludes halogenated alkanes) is 16. The van der Waals surface area contributed by atoms with Gasteiger partial charge >= 0.3 is 0 Å². The molecule has 9 heteroatoms. The van der Waals surface area contributed by atoms with Gasteiger partial charge in [0.25, 0.3) is 0 Å². The van der Waals surface area contributed by atoms with Crippen molar-refractivity contribution in [3.05, 3.63) is 0 Å². The standard InChI is InChI=1S/C38H78O9/c1-3-5-7-9-10-11-12-13-14-15-16-18-20-22-40-24-26-42-28-30-44-32-34-46-36-38-47-37-35-45-33-31-43-29-27-41-25-23-39-21-19-17-8-6-4-2/h3-38H2,1-2H3. The topological polar surface area (TPSA) is 83.1 Å². The van der Waals surface area contributed by atoms with Crippen LogP contribution in [-0.2, 0) is 42.6 Å². The Morgan fingerprint density at radius 3 is 0.511 bits per heavy atom. The van der Waals surface area contributed by atoms with Crippen molar-refractivity contribution in [3.63, 3.8) is 0 Å². The molecule has 0 N–H and O–H groups in total. The molecule has 0 aliphatic rings. The van der Waals surface area contributed by atoms with E-state index in [2.05, 4.69) is 13.8 Å². The first-order valence-corrected chi connectivity index (χ1v) is 19.6. The largest absolute Gasteiger partial charge is 0.379 e. The molecule has 0 aromatic carbocycles. The highest BCUT2D eigenvalue weighted by atomic mass is 16.6. The van der Waals surface area contributed by atoms with Crippen molar-refractivity contribution in [2.24, 2.45) is 0 Å². The lowest BCUT2D eigenvalue weighted by Crippen LogP contribution is -2.15. The minimum Gasteiger partial charge on any atom is -0.379 e. The van der Waals surface area contributed by atoms with Gasteiger partial charge in [0, 0.05) is 13.2 Å². The summed E-state index contributed by atoms with van der Waals surface area (Å²) in [4.78, 5) is 0. The van der Waals surface area contributed by atoms with E-state index in [1.54, 1.807) is 0 Å². The van der Waals surface area contributed by atoms with Crippen molar-refractivity contribution in [2.75, 3.05) is 119 Å². The maximum atomic E-state index is 5.68. The minimum atomic E-state index is 0.544. The summed E-state index contributed by atoms with van der Waals surface area (Å²) < 4.78 is 49.9. The Hall–Kier alpha value is -0.360. The Kier molecular flexibility index (Phi) is 45.3. The fraction of sp³-hybridized carbons (Fsp3) is 1.00. The highest BCUT2D eigenvalue weighted by Crippen LogP contribution is 2.12. The monoisotopic (exact) mass is 679 g/mol. The van der Waals surface area contributed by atoms with Crippen molar-refractivity contribution in [1.29, 1.82) is 0 Å². The van der Waals surface area contributed by atoms with E-state index in [-0.39, 0.29) is 0 Å². The second-order valence-electron chi connectivity index (χ2n) is 12.2. The SMILES string of the molecule is CCCCCCCCCCCCCCCOCCOCCOCCOCCOCCOCCOCCOCCOCCCCCCC. The average molecular weight is 679 g/mol. The Labute approximate surface area is 290 Å². The molecule has 0 spiro atoms. The lowest BCUT2D eigenvalue weighted by molar-refractivity contribution is -0.0250. The van der Waals surface area contributed by atoms with Crippen LogP contribution < -0.4 is 0 Å². The molecule has 47 heavy (non-hydrogen) atoms. The Balaban J connectivity index is 3.03. The Bertz CT molecular complexity index is 483. The molecule has 0 saturated carbocycles. The van der Waals surface area contributed by atoms with E-state index in [1.165, 1.54) is 103 Å². The second kappa shape index (κ2) is 45.6. The van der Waals surface area contributed by atoms with E-state index in [0.717, 1.165) is 26.1 Å². The maximum absolute atomic E-state index is 5.68. The zero-order valence-corrected chi connectivity index (χ0v) is 31.1. The average Bonchev–Trinajstić information content (AvgIpc) is 3.08. The summed E-state index contributed by atoms with van der Waals surface area (Å²) in [7, 11) is 0. The molecule has 0 saturated heterocycles. The lowest BCUT2D eigenvalue weighted by atomic mass is 10.0. The predicted molar refractivity (Wildman–Crippen MR) is 192 cm³/mol. The summed E-state index contributed by atoms with van der Waals surface area (Å²) in [6.45, 7) is 15.4. The van der Waals surface area contributed by atoms with E-state index in [0.29, 0.717) is 106 Å². The first-order valence-electron chi connectivity index (χ1n) is 19.6. The Morgan fingerprint density at radius 2 is 0.319 bits per heavy atom. The van der Waals surface area contributed by atoms with Gasteiger partial charge in [0.1, 0.15) is 0 Å². The Morgan fingerprint density at radius 1 is 0.170 bits per heavy atom. The van der Waals surface area contributed by atoms with Gasteiger partial charge in [-0.3, -0.25) is 0 Å². The number of hydrogen-bond donors (Lipinski definition) is 0. The van der Waals surface area contributed by atoms with E-state index in [1.807, 2.05) is 0 Å². The first kappa shape index (κ1) is 46.6. The number of rotatable bonds is 44. The van der Waals surface area contributed by atoms with Crippen LogP contribution in [0.25, 0.3) is 0 Å². The highest BCUT2D eigenvalue weighted by molar-refractivity contribution is 4.49. The van der Waals surface area contributed by atoms with Crippen LogP contribution in [0, 0.1) is 0 Å². The van der Waals surface area contributed by atoms with Gasteiger partial charge in [-0.05, 0) is 12.8 Å². The molecule has 0 amide bonds. The fourth-order valence-corrected chi connectivity index (χ4v) is 4.89. The molecule has 0 heterocycles. The molecule has 0 unspecified atom stereocenters. The summed E-state index contributed by atoms with van der Waals surface area (Å²) >= 11 is 0. The zero-order valence-electron chi connectivity index (χ0n) is 31.1. The third-order valence-corrected chi connectivity index (χ3v) is 7.76. The van der Waals surface area contributed by atoms with Gasteiger partial charge in [-0.15, -0.1) is 0 Å². The van der Waals surface area contributed by atoms with E-state index < -0.39 is 0 Å². The zero-order chi connectivity index (χ0) is 33.8. The lowest BCUT2D eigenvalue weighted by Gasteiger charge is -2.09. The van der Waals surface area contributed by atoms with Crippen molar-refractivity contribution < 1.29 is 42.6 Å². The normalized spacial score (nSPS) is 11.6. The van der Waals surface area contributed by atoms with E-state index in [4.69, 9.17) is 42.6 Å². The maximum Gasteiger partial charge on any atom is 0.0701 e. The summed E-state index contributed by atoms with van der Waals surface area (Å²) in [5.74, 6) is 0. The third kappa shape index (κ3) is 45.6. The van der Waals surface area contributed by atoms with Crippen molar-refractivity contribution >= 4 is 0 Å². The molecule has 0 aliphatic carbocycles. The molecule has 0 radical (unpaired) electrons. The smallest absolute Gasteiger partial charge is 0.0701 e. The van der Waals surface area contributed by atoms with Crippen LogP contribution in [0.4, 0.5) is 0 Å². The third-order valence-electron chi connectivity index (χ3n) is 7.76. The van der Waals surface area contributed by atoms with Gasteiger partial charge in [0.2, 0.25) is 0 Å². The first-order chi connectivity index (χ1) is 23.4. The number of hydrogen-bond acceptors (Lipinski definition) is 9. The fourth-order valence-electron chi connectivity index (χ4n) is 4.89. The summed E-state index contributed by atoms with van der Waals surface area (Å²) in [6, 6.07) is 0. The van der Waals surface area contributed by atoms with Gasteiger partial charge < -0.3 is 42.6 Å². The molecule has 284 valence electrons. The van der Waals surface area contributed by atoms with Crippen LogP contribution in [0.1, 0.15) is 129 Å². The van der Waals surface area contributed by atoms with Crippen molar-refractivity contribution in [2.45, 2.75) is 129 Å². The summed E-state index contributed by atoms with van der Waals surface area (Å²) in [6.07, 6.45) is 24.2. The van der Waals surface area contributed by atoms with Gasteiger partial charge in [0.05, 0.1) is 106 Å². The molecule has 0 bridgehead atoms. The minimum absolute atomic E-state index is 0.544. The molecule has 0 atom stereocenters. The highest BCUT2D eigenvalue weighted by Gasteiger charge is 1.97.